The van der Waals surface area contributed by atoms with Crippen molar-refractivity contribution < 1.29 is 17.6 Å². The van der Waals surface area contributed by atoms with Gasteiger partial charge < -0.3 is 4.90 Å². The molecule has 160 valence electrons. The van der Waals surface area contributed by atoms with E-state index >= 15 is 0 Å². The topological polar surface area (TPSA) is 54.5 Å². The molecule has 0 spiro atoms. The minimum absolute atomic E-state index is 0.0407. The molecular weight excluding hydrogens is 401 g/mol. The second-order valence-electron chi connectivity index (χ2n) is 8.82. The Kier molecular flexibility index (Phi) is 6.46. The number of carbonyl (C=O) groups is 1. The minimum Gasteiger partial charge on any atom is -0.331 e. The van der Waals surface area contributed by atoms with E-state index in [-0.39, 0.29) is 29.4 Å². The highest BCUT2D eigenvalue weighted by Crippen LogP contribution is 2.24. The van der Waals surface area contributed by atoms with E-state index in [9.17, 15) is 17.6 Å². The van der Waals surface area contributed by atoms with Gasteiger partial charge in [-0.2, -0.15) is 0 Å². The normalized spacial score (nSPS) is 18.6. The Hall–Kier alpha value is -2.47. The minimum atomic E-state index is -3.17. The number of amides is 1. The molecule has 0 aromatic heterocycles. The molecule has 1 amide bonds. The van der Waals surface area contributed by atoms with Crippen LogP contribution in [0.2, 0.25) is 0 Å². The van der Waals surface area contributed by atoms with Crippen LogP contribution in [0.5, 0.6) is 0 Å². The second-order valence-corrected chi connectivity index (χ2v) is 11.0. The molecule has 0 aliphatic carbocycles. The maximum absolute atomic E-state index is 14.2. The SMILES string of the molecule is CC(C)(C)c1ccc(/C=C/C(=O)N(Cc2ccccc2F)C2CCS(=O)(=O)C2)cc1. The van der Waals surface area contributed by atoms with E-state index in [1.54, 1.807) is 24.3 Å². The largest absolute Gasteiger partial charge is 0.331 e. The van der Waals surface area contributed by atoms with E-state index in [0.717, 1.165) is 5.56 Å². The molecule has 1 saturated heterocycles. The summed E-state index contributed by atoms with van der Waals surface area (Å²) in [7, 11) is -3.17. The van der Waals surface area contributed by atoms with E-state index in [1.165, 1.54) is 22.6 Å². The zero-order chi connectivity index (χ0) is 21.9. The van der Waals surface area contributed by atoms with Gasteiger partial charge in [0.2, 0.25) is 5.91 Å². The lowest BCUT2D eigenvalue weighted by atomic mass is 9.87. The Balaban J connectivity index is 1.81. The first-order chi connectivity index (χ1) is 14.0. The zero-order valence-electron chi connectivity index (χ0n) is 17.6. The van der Waals surface area contributed by atoms with E-state index < -0.39 is 21.7 Å². The van der Waals surface area contributed by atoms with Gasteiger partial charge in [0.1, 0.15) is 5.82 Å². The summed E-state index contributed by atoms with van der Waals surface area (Å²) in [6.07, 6.45) is 3.53. The standard InChI is InChI=1S/C24H28FNO3S/c1-24(2,3)20-11-8-18(9-12-20)10-13-23(27)26(21-14-15-30(28,29)17-21)16-19-6-4-5-7-22(19)25/h4-13,21H,14-17H2,1-3H3/b13-10+. The summed E-state index contributed by atoms with van der Waals surface area (Å²) in [5.41, 5.74) is 2.49. The molecular formula is C24H28FNO3S. The Labute approximate surface area is 178 Å². The van der Waals surface area contributed by atoms with Crippen LogP contribution in [0.15, 0.2) is 54.6 Å². The monoisotopic (exact) mass is 429 g/mol. The Morgan fingerprint density at radius 3 is 2.37 bits per heavy atom. The van der Waals surface area contributed by atoms with E-state index in [0.29, 0.717) is 12.0 Å². The molecule has 0 bridgehead atoms. The van der Waals surface area contributed by atoms with Crippen molar-refractivity contribution in [1.29, 1.82) is 0 Å². The summed E-state index contributed by atoms with van der Waals surface area (Å²) < 4.78 is 38.1. The van der Waals surface area contributed by atoms with Crippen molar-refractivity contribution in [2.75, 3.05) is 11.5 Å². The highest BCUT2D eigenvalue weighted by Gasteiger charge is 2.34. The van der Waals surface area contributed by atoms with Gasteiger partial charge in [-0.15, -0.1) is 0 Å². The maximum Gasteiger partial charge on any atom is 0.247 e. The van der Waals surface area contributed by atoms with Crippen molar-refractivity contribution in [2.24, 2.45) is 0 Å². The molecule has 1 fully saturated rings. The maximum atomic E-state index is 14.2. The predicted molar refractivity (Wildman–Crippen MR) is 118 cm³/mol. The van der Waals surface area contributed by atoms with E-state index in [1.807, 2.05) is 24.3 Å². The smallest absolute Gasteiger partial charge is 0.247 e. The van der Waals surface area contributed by atoms with Crippen LogP contribution in [-0.2, 0) is 26.6 Å². The molecule has 1 heterocycles. The zero-order valence-corrected chi connectivity index (χ0v) is 18.5. The third kappa shape index (κ3) is 5.57. The molecule has 2 aromatic carbocycles. The molecule has 3 rings (SSSR count). The highest BCUT2D eigenvalue weighted by atomic mass is 32.2. The van der Waals surface area contributed by atoms with Crippen molar-refractivity contribution in [2.45, 2.75) is 45.2 Å². The molecule has 2 aromatic rings. The number of hydrogen-bond acceptors (Lipinski definition) is 3. The van der Waals surface area contributed by atoms with Gasteiger partial charge >= 0.3 is 0 Å². The number of rotatable bonds is 5. The van der Waals surface area contributed by atoms with Gasteiger partial charge in [0.05, 0.1) is 11.5 Å². The van der Waals surface area contributed by atoms with E-state index in [4.69, 9.17) is 0 Å². The number of carbonyl (C=O) groups excluding carboxylic acids is 1. The molecule has 1 unspecified atom stereocenters. The lowest BCUT2D eigenvalue weighted by molar-refractivity contribution is -0.128. The first-order valence-electron chi connectivity index (χ1n) is 10.1. The number of benzene rings is 2. The summed E-state index contributed by atoms with van der Waals surface area (Å²) in [5.74, 6) is -0.754. The van der Waals surface area contributed by atoms with Crippen LogP contribution in [0.4, 0.5) is 4.39 Å². The molecule has 1 aliphatic rings. The summed E-state index contributed by atoms with van der Waals surface area (Å²) in [5, 5.41) is 0. The molecule has 0 saturated carbocycles. The average Bonchev–Trinajstić information content (AvgIpc) is 3.04. The first-order valence-corrected chi connectivity index (χ1v) is 11.9. The van der Waals surface area contributed by atoms with Crippen LogP contribution < -0.4 is 0 Å². The highest BCUT2D eigenvalue weighted by molar-refractivity contribution is 7.91. The number of halogens is 1. The van der Waals surface area contributed by atoms with Gasteiger partial charge in [-0.3, -0.25) is 4.79 Å². The van der Waals surface area contributed by atoms with Crippen LogP contribution in [0.1, 0.15) is 43.9 Å². The van der Waals surface area contributed by atoms with Gasteiger partial charge in [0.25, 0.3) is 0 Å². The van der Waals surface area contributed by atoms with Crippen molar-refractivity contribution in [3.63, 3.8) is 0 Å². The van der Waals surface area contributed by atoms with Crippen molar-refractivity contribution >= 4 is 21.8 Å². The average molecular weight is 430 g/mol. The lowest BCUT2D eigenvalue weighted by Crippen LogP contribution is -2.39. The number of sulfone groups is 1. The summed E-state index contributed by atoms with van der Waals surface area (Å²) in [6, 6.07) is 13.8. The van der Waals surface area contributed by atoms with Crippen molar-refractivity contribution in [1.82, 2.24) is 4.90 Å². The third-order valence-electron chi connectivity index (χ3n) is 5.43. The van der Waals surface area contributed by atoms with Crippen LogP contribution in [0, 0.1) is 5.82 Å². The van der Waals surface area contributed by atoms with Crippen molar-refractivity contribution in [3.8, 4) is 0 Å². The molecule has 4 nitrogen and oxygen atoms in total. The lowest BCUT2D eigenvalue weighted by Gasteiger charge is -2.27. The van der Waals surface area contributed by atoms with Crippen LogP contribution in [-0.4, -0.2) is 36.8 Å². The Morgan fingerprint density at radius 2 is 1.80 bits per heavy atom. The molecule has 1 aliphatic heterocycles. The van der Waals surface area contributed by atoms with Crippen LogP contribution >= 0.6 is 0 Å². The van der Waals surface area contributed by atoms with Gasteiger partial charge in [-0.05, 0) is 35.1 Å². The van der Waals surface area contributed by atoms with E-state index in [2.05, 4.69) is 20.8 Å². The molecule has 1 atom stereocenters. The van der Waals surface area contributed by atoms with Gasteiger partial charge in [-0.25, -0.2) is 12.8 Å². The fourth-order valence-corrected chi connectivity index (χ4v) is 5.31. The third-order valence-corrected chi connectivity index (χ3v) is 7.18. The van der Waals surface area contributed by atoms with Crippen LogP contribution in [0.3, 0.4) is 0 Å². The molecule has 6 heteroatoms. The second kappa shape index (κ2) is 8.72. The quantitative estimate of drug-likeness (QED) is 0.664. The fourth-order valence-electron chi connectivity index (χ4n) is 3.58. The van der Waals surface area contributed by atoms with Gasteiger partial charge in [-0.1, -0.05) is 63.2 Å². The number of nitrogens with zero attached hydrogens (tertiary/aromatic N) is 1. The summed E-state index contributed by atoms with van der Waals surface area (Å²) in [6.45, 7) is 6.45. The Morgan fingerprint density at radius 1 is 1.13 bits per heavy atom. The predicted octanol–water partition coefficient (Wildman–Crippen LogP) is 4.35. The molecule has 30 heavy (non-hydrogen) atoms. The van der Waals surface area contributed by atoms with Crippen LogP contribution in [0.25, 0.3) is 6.08 Å². The Bertz CT molecular complexity index is 1040. The molecule has 0 radical (unpaired) electrons. The van der Waals surface area contributed by atoms with Gasteiger partial charge in [0, 0.05) is 24.2 Å². The fraction of sp³-hybridized carbons (Fsp3) is 0.375. The summed E-state index contributed by atoms with van der Waals surface area (Å²) in [4.78, 5) is 14.5. The van der Waals surface area contributed by atoms with Gasteiger partial charge in [0.15, 0.2) is 9.84 Å². The summed E-state index contributed by atoms with van der Waals surface area (Å²) >= 11 is 0. The number of hydrogen-bond donors (Lipinski definition) is 0. The van der Waals surface area contributed by atoms with Crippen molar-refractivity contribution in [3.05, 3.63) is 77.1 Å². The molecule has 0 N–H and O–H groups in total. The first kappa shape index (κ1) is 22.2.